The summed E-state index contributed by atoms with van der Waals surface area (Å²) in [6.07, 6.45) is -9.63. The Labute approximate surface area is 286 Å². The van der Waals surface area contributed by atoms with Gasteiger partial charge in [0, 0.05) is 23.5 Å². The number of hydrogen-bond donors (Lipinski definition) is 5. The molecule has 4 amide bonds. The number of carbonyl (C=O) groups excluding carboxylic acids is 3. The van der Waals surface area contributed by atoms with E-state index in [0.29, 0.717) is 31.2 Å². The van der Waals surface area contributed by atoms with Gasteiger partial charge in [-0.2, -0.15) is 0 Å². The SMILES string of the molecule is O=C(O)CCNC(=O)c1ccc(C(NC(=O)Nc2ccc(OC(F)(F)F)cc2)C2CCC(OC(=O)Nc3ccc(OC(F)(F)F)cc3)CC2)cc1. The third-order valence-electron chi connectivity index (χ3n) is 7.59. The zero-order valence-corrected chi connectivity index (χ0v) is 26.5. The van der Waals surface area contributed by atoms with Gasteiger partial charge < -0.3 is 35.3 Å². The second-order valence-electron chi connectivity index (χ2n) is 11.3. The van der Waals surface area contributed by atoms with E-state index in [0.717, 1.165) is 24.3 Å². The number of alkyl halides is 6. The van der Waals surface area contributed by atoms with Gasteiger partial charge in [0.1, 0.15) is 17.6 Å². The zero-order chi connectivity index (χ0) is 37.2. The van der Waals surface area contributed by atoms with Gasteiger partial charge in [0.2, 0.25) is 0 Å². The lowest BCUT2D eigenvalue weighted by atomic mass is 9.80. The Morgan fingerprint density at radius 2 is 1.24 bits per heavy atom. The summed E-state index contributed by atoms with van der Waals surface area (Å²) >= 11 is 0. The van der Waals surface area contributed by atoms with Gasteiger partial charge in [-0.25, -0.2) is 9.59 Å². The van der Waals surface area contributed by atoms with Gasteiger partial charge in [-0.15, -0.1) is 26.3 Å². The number of nitrogens with one attached hydrogen (secondary N) is 4. The first-order chi connectivity index (χ1) is 24.0. The Balaban J connectivity index is 1.39. The van der Waals surface area contributed by atoms with Gasteiger partial charge in [-0.1, -0.05) is 12.1 Å². The van der Waals surface area contributed by atoms with Crippen LogP contribution in [0.15, 0.2) is 72.8 Å². The van der Waals surface area contributed by atoms with E-state index in [-0.39, 0.29) is 35.8 Å². The second-order valence-corrected chi connectivity index (χ2v) is 11.3. The van der Waals surface area contributed by atoms with E-state index in [1.165, 1.54) is 36.4 Å². The maximum absolute atomic E-state index is 13.1. The van der Waals surface area contributed by atoms with Crippen molar-refractivity contribution in [1.82, 2.24) is 10.6 Å². The Bertz CT molecular complexity index is 1640. The fourth-order valence-electron chi connectivity index (χ4n) is 5.33. The molecule has 1 unspecified atom stereocenters. The van der Waals surface area contributed by atoms with Crippen LogP contribution in [-0.2, 0) is 9.53 Å². The summed E-state index contributed by atoms with van der Waals surface area (Å²) in [4.78, 5) is 48.8. The molecule has 0 radical (unpaired) electrons. The number of carboxylic acid groups (broad SMARTS) is 1. The van der Waals surface area contributed by atoms with Crippen LogP contribution in [0, 0.1) is 5.92 Å². The monoisotopic (exact) mass is 726 g/mol. The number of hydrogen-bond acceptors (Lipinski definition) is 7. The molecule has 0 bridgehead atoms. The highest BCUT2D eigenvalue weighted by molar-refractivity contribution is 5.94. The topological polar surface area (TPSA) is 164 Å². The van der Waals surface area contributed by atoms with Gasteiger partial charge >= 0.3 is 30.8 Å². The van der Waals surface area contributed by atoms with Crippen LogP contribution in [0.5, 0.6) is 11.5 Å². The molecule has 0 saturated heterocycles. The highest BCUT2D eigenvalue weighted by Crippen LogP contribution is 2.36. The lowest BCUT2D eigenvalue weighted by Gasteiger charge is -2.34. The number of amides is 4. The maximum atomic E-state index is 13.1. The van der Waals surface area contributed by atoms with Crippen molar-refractivity contribution < 1.29 is 64.8 Å². The molecule has 0 spiro atoms. The van der Waals surface area contributed by atoms with E-state index < -0.39 is 60.4 Å². The fourth-order valence-corrected chi connectivity index (χ4v) is 5.33. The summed E-state index contributed by atoms with van der Waals surface area (Å²) in [6.45, 7) is -0.0733. The highest BCUT2D eigenvalue weighted by atomic mass is 19.4. The van der Waals surface area contributed by atoms with Crippen molar-refractivity contribution in [3.63, 3.8) is 0 Å². The minimum atomic E-state index is -4.88. The molecule has 0 aromatic heterocycles. The largest absolute Gasteiger partial charge is 0.573 e. The predicted molar refractivity (Wildman–Crippen MR) is 168 cm³/mol. The summed E-state index contributed by atoms with van der Waals surface area (Å²) in [6, 6.07) is 14.0. The van der Waals surface area contributed by atoms with Crippen molar-refractivity contribution in [1.29, 1.82) is 0 Å². The molecule has 18 heteroatoms. The summed E-state index contributed by atoms with van der Waals surface area (Å²) < 4.78 is 87.9. The number of carbonyl (C=O) groups is 4. The molecule has 0 aliphatic heterocycles. The molecule has 5 N–H and O–H groups in total. The summed E-state index contributed by atoms with van der Waals surface area (Å²) in [5, 5.41) is 19.2. The van der Waals surface area contributed by atoms with E-state index in [1.807, 2.05) is 0 Å². The van der Waals surface area contributed by atoms with E-state index in [2.05, 4.69) is 30.7 Å². The van der Waals surface area contributed by atoms with Gasteiger partial charge in [0.15, 0.2) is 0 Å². The minimum Gasteiger partial charge on any atom is -0.481 e. The van der Waals surface area contributed by atoms with Crippen LogP contribution in [0.1, 0.15) is 54.1 Å². The van der Waals surface area contributed by atoms with Crippen LogP contribution in [0.2, 0.25) is 0 Å². The lowest BCUT2D eigenvalue weighted by molar-refractivity contribution is -0.275. The average molecular weight is 727 g/mol. The number of aliphatic carboxylic acids is 1. The Morgan fingerprint density at radius 3 is 1.73 bits per heavy atom. The predicted octanol–water partition coefficient (Wildman–Crippen LogP) is 7.36. The first-order valence-electron chi connectivity index (χ1n) is 15.4. The van der Waals surface area contributed by atoms with Crippen molar-refractivity contribution in [2.24, 2.45) is 5.92 Å². The molecule has 1 saturated carbocycles. The van der Waals surface area contributed by atoms with Crippen LogP contribution in [0.4, 0.5) is 47.3 Å². The molecule has 274 valence electrons. The third-order valence-corrected chi connectivity index (χ3v) is 7.59. The van der Waals surface area contributed by atoms with E-state index in [1.54, 1.807) is 12.1 Å². The molecule has 0 heterocycles. The number of anilines is 2. The number of halogens is 6. The molecule has 3 aromatic rings. The molecule has 4 rings (SSSR count). The van der Waals surface area contributed by atoms with Crippen LogP contribution in [0.25, 0.3) is 0 Å². The number of rotatable bonds is 12. The summed E-state index contributed by atoms with van der Waals surface area (Å²) in [5.74, 6) is -2.70. The average Bonchev–Trinajstić information content (AvgIpc) is 3.04. The van der Waals surface area contributed by atoms with E-state index in [9.17, 15) is 45.5 Å². The molecule has 12 nitrogen and oxygen atoms in total. The van der Waals surface area contributed by atoms with Gasteiger partial charge in [-0.3, -0.25) is 14.9 Å². The molecular weight excluding hydrogens is 694 g/mol. The number of urea groups is 1. The van der Waals surface area contributed by atoms with Gasteiger partial charge in [-0.05, 0) is 97.8 Å². The van der Waals surface area contributed by atoms with Crippen LogP contribution in [-0.4, -0.2) is 54.5 Å². The molecule has 51 heavy (non-hydrogen) atoms. The third kappa shape index (κ3) is 12.9. The highest BCUT2D eigenvalue weighted by Gasteiger charge is 2.33. The molecule has 1 fully saturated rings. The standard InChI is InChI=1S/C33H32F6N4O8/c34-32(35,36)50-25-13-7-22(8-14-25)41-30(47)43-28(19-1-3-21(4-2-19)29(46)40-18-17-27(44)45)20-5-11-24(12-6-20)49-31(48)42-23-9-15-26(16-10-23)51-33(37,38)39/h1-4,7-10,13-16,20,24,28H,5-6,11-12,17-18H2,(H,40,46)(H,42,48)(H,44,45)(H2,41,43,47). The van der Waals surface area contributed by atoms with Crippen LogP contribution < -0.4 is 30.7 Å². The first kappa shape index (κ1) is 38.1. The molecule has 1 aliphatic rings. The quantitative estimate of drug-likeness (QED) is 0.121. The molecular formula is C33H32F6N4O8. The van der Waals surface area contributed by atoms with Crippen molar-refractivity contribution in [2.75, 3.05) is 17.2 Å². The lowest BCUT2D eigenvalue weighted by Crippen LogP contribution is -2.39. The van der Waals surface area contributed by atoms with Gasteiger partial charge in [0.05, 0.1) is 12.5 Å². The number of ether oxygens (including phenoxy) is 3. The normalized spacial score (nSPS) is 16.6. The molecule has 3 aromatic carbocycles. The van der Waals surface area contributed by atoms with Crippen molar-refractivity contribution in [2.45, 2.75) is 57.0 Å². The first-order valence-corrected chi connectivity index (χ1v) is 15.4. The van der Waals surface area contributed by atoms with Crippen molar-refractivity contribution in [3.05, 3.63) is 83.9 Å². The minimum absolute atomic E-state index is 0.0733. The Morgan fingerprint density at radius 1 is 0.725 bits per heavy atom. The number of benzene rings is 3. The Kier molecular flexibility index (Phi) is 12.6. The molecule has 1 aliphatic carbocycles. The zero-order valence-electron chi connectivity index (χ0n) is 26.5. The van der Waals surface area contributed by atoms with Crippen molar-refractivity contribution in [3.8, 4) is 11.5 Å². The van der Waals surface area contributed by atoms with Crippen molar-refractivity contribution >= 4 is 35.4 Å². The smallest absolute Gasteiger partial charge is 0.481 e. The second kappa shape index (κ2) is 16.8. The van der Waals surface area contributed by atoms with E-state index >= 15 is 0 Å². The van der Waals surface area contributed by atoms with Crippen LogP contribution >= 0.6 is 0 Å². The fraction of sp³-hybridized carbons (Fsp3) is 0.333. The van der Waals surface area contributed by atoms with E-state index in [4.69, 9.17) is 9.84 Å². The Hall–Kier alpha value is -5.68. The molecule has 1 atom stereocenters. The van der Waals surface area contributed by atoms with Crippen LogP contribution in [0.3, 0.4) is 0 Å². The van der Waals surface area contributed by atoms with Gasteiger partial charge in [0.25, 0.3) is 5.91 Å². The summed E-state index contributed by atoms with van der Waals surface area (Å²) in [5.41, 5.74) is 1.22. The number of carboxylic acids is 1. The maximum Gasteiger partial charge on any atom is 0.573 e. The summed E-state index contributed by atoms with van der Waals surface area (Å²) in [7, 11) is 0.